The number of hydrogen-bond donors (Lipinski definition) is 1. The van der Waals surface area contributed by atoms with Crippen molar-refractivity contribution in [3.8, 4) is 11.5 Å². The van der Waals surface area contributed by atoms with Gasteiger partial charge < -0.3 is 19.5 Å². The number of amides is 1. The van der Waals surface area contributed by atoms with Crippen molar-refractivity contribution in [1.29, 1.82) is 0 Å². The molecule has 0 atom stereocenters. The van der Waals surface area contributed by atoms with Crippen LogP contribution >= 0.6 is 0 Å². The summed E-state index contributed by atoms with van der Waals surface area (Å²) in [5.41, 5.74) is 2.22. The molecule has 1 heterocycles. The van der Waals surface area contributed by atoms with E-state index >= 15 is 0 Å². The van der Waals surface area contributed by atoms with Crippen LogP contribution in [0.25, 0.3) is 0 Å². The molecule has 0 bridgehead atoms. The molecule has 3 aromatic rings. The third-order valence-electron chi connectivity index (χ3n) is 4.21. The standard InChI is InChI=1S/C23H22N2O5/c1-28-21-13-18(7-8-20(21)29-15-17-5-3-2-4-6-17)14-25-22(26)16-30-23(27)19-9-11-24-12-10-19/h2-13H,14-16H2,1H3,(H,25,26). The van der Waals surface area contributed by atoms with Gasteiger partial charge in [0.15, 0.2) is 18.1 Å². The molecule has 1 amide bonds. The van der Waals surface area contributed by atoms with E-state index in [1.165, 1.54) is 24.5 Å². The molecule has 30 heavy (non-hydrogen) atoms. The number of methoxy groups -OCH3 is 1. The lowest BCUT2D eigenvalue weighted by Crippen LogP contribution is -2.28. The summed E-state index contributed by atoms with van der Waals surface area (Å²) in [7, 11) is 1.56. The number of benzene rings is 2. The van der Waals surface area contributed by atoms with E-state index < -0.39 is 11.9 Å². The summed E-state index contributed by atoms with van der Waals surface area (Å²) in [6.45, 7) is 0.327. The van der Waals surface area contributed by atoms with Crippen molar-refractivity contribution < 1.29 is 23.8 Å². The number of hydrogen-bond acceptors (Lipinski definition) is 6. The van der Waals surface area contributed by atoms with E-state index in [1.807, 2.05) is 36.4 Å². The van der Waals surface area contributed by atoms with Crippen molar-refractivity contribution in [2.45, 2.75) is 13.2 Å². The number of rotatable bonds is 9. The van der Waals surface area contributed by atoms with Crippen molar-refractivity contribution in [1.82, 2.24) is 10.3 Å². The first kappa shape index (κ1) is 20.9. The number of carbonyl (C=O) groups excluding carboxylic acids is 2. The van der Waals surface area contributed by atoms with E-state index in [-0.39, 0.29) is 13.2 Å². The average molecular weight is 406 g/mol. The molecular weight excluding hydrogens is 384 g/mol. The number of ether oxygens (including phenoxy) is 3. The number of pyridine rings is 1. The van der Waals surface area contributed by atoms with E-state index in [9.17, 15) is 9.59 Å². The summed E-state index contributed by atoms with van der Waals surface area (Å²) in [6.07, 6.45) is 2.97. The number of nitrogens with one attached hydrogen (secondary N) is 1. The van der Waals surface area contributed by atoms with Gasteiger partial charge in [0.05, 0.1) is 12.7 Å². The Balaban J connectivity index is 1.49. The molecule has 2 aromatic carbocycles. The van der Waals surface area contributed by atoms with Crippen molar-refractivity contribution in [2.24, 2.45) is 0 Å². The van der Waals surface area contributed by atoms with Crippen LogP contribution in [-0.2, 0) is 22.7 Å². The maximum atomic E-state index is 12.0. The Labute approximate surface area is 174 Å². The predicted molar refractivity (Wildman–Crippen MR) is 110 cm³/mol. The number of nitrogens with zero attached hydrogens (tertiary/aromatic N) is 1. The molecule has 0 spiro atoms. The molecule has 0 aliphatic heterocycles. The second kappa shape index (κ2) is 10.6. The molecule has 7 heteroatoms. The van der Waals surface area contributed by atoms with Crippen LogP contribution in [0.3, 0.4) is 0 Å². The molecule has 3 rings (SSSR count). The lowest BCUT2D eigenvalue weighted by atomic mass is 10.2. The normalized spacial score (nSPS) is 10.2. The first-order valence-corrected chi connectivity index (χ1v) is 9.33. The summed E-state index contributed by atoms with van der Waals surface area (Å²) in [6, 6.07) is 18.3. The molecule has 1 N–H and O–H groups in total. The zero-order valence-electron chi connectivity index (χ0n) is 16.5. The van der Waals surface area contributed by atoms with Gasteiger partial charge in [-0.3, -0.25) is 9.78 Å². The lowest BCUT2D eigenvalue weighted by molar-refractivity contribution is -0.124. The van der Waals surface area contributed by atoms with Crippen LogP contribution < -0.4 is 14.8 Å². The van der Waals surface area contributed by atoms with Gasteiger partial charge in [0.25, 0.3) is 5.91 Å². The van der Waals surface area contributed by atoms with Gasteiger partial charge in [-0.1, -0.05) is 36.4 Å². The fourth-order valence-corrected chi connectivity index (χ4v) is 2.63. The third kappa shape index (κ3) is 6.07. The lowest BCUT2D eigenvalue weighted by Gasteiger charge is -2.13. The summed E-state index contributed by atoms with van der Waals surface area (Å²) in [5, 5.41) is 2.71. The molecule has 7 nitrogen and oxygen atoms in total. The van der Waals surface area contributed by atoms with E-state index in [1.54, 1.807) is 19.2 Å². The van der Waals surface area contributed by atoms with E-state index in [2.05, 4.69) is 10.3 Å². The third-order valence-corrected chi connectivity index (χ3v) is 4.21. The van der Waals surface area contributed by atoms with E-state index in [0.717, 1.165) is 11.1 Å². The Morgan fingerprint density at radius 3 is 2.43 bits per heavy atom. The van der Waals surface area contributed by atoms with Gasteiger partial charge in [-0.15, -0.1) is 0 Å². The minimum absolute atomic E-state index is 0.265. The molecule has 1 aromatic heterocycles. The highest BCUT2D eigenvalue weighted by Gasteiger charge is 2.11. The highest BCUT2D eigenvalue weighted by atomic mass is 16.5. The Hall–Kier alpha value is -3.87. The zero-order chi connectivity index (χ0) is 21.2. The molecule has 0 aliphatic rings. The van der Waals surface area contributed by atoms with Crippen LogP contribution in [0, 0.1) is 0 Å². The minimum atomic E-state index is -0.575. The fraction of sp³-hybridized carbons (Fsp3) is 0.174. The first-order valence-electron chi connectivity index (χ1n) is 9.33. The second-order valence-electron chi connectivity index (χ2n) is 6.35. The van der Waals surface area contributed by atoms with Gasteiger partial charge >= 0.3 is 5.97 Å². The van der Waals surface area contributed by atoms with Crippen LogP contribution in [0.1, 0.15) is 21.5 Å². The molecule has 0 fully saturated rings. The molecule has 0 unspecified atom stereocenters. The Kier molecular flexibility index (Phi) is 7.38. The molecule has 154 valence electrons. The predicted octanol–water partition coefficient (Wildman–Crippen LogP) is 3.14. The fourth-order valence-electron chi connectivity index (χ4n) is 2.63. The molecular formula is C23H22N2O5. The van der Waals surface area contributed by atoms with Crippen LogP contribution in [0.15, 0.2) is 73.1 Å². The van der Waals surface area contributed by atoms with Crippen LogP contribution in [-0.4, -0.2) is 30.6 Å². The van der Waals surface area contributed by atoms with Gasteiger partial charge in [-0.2, -0.15) is 0 Å². The van der Waals surface area contributed by atoms with E-state index in [0.29, 0.717) is 23.7 Å². The molecule has 0 aliphatic carbocycles. The largest absolute Gasteiger partial charge is 0.493 e. The second-order valence-corrected chi connectivity index (χ2v) is 6.35. The summed E-state index contributed by atoms with van der Waals surface area (Å²) < 4.78 is 16.2. The van der Waals surface area contributed by atoms with Crippen molar-refractivity contribution >= 4 is 11.9 Å². The molecule has 0 radical (unpaired) electrons. The molecule has 0 saturated heterocycles. The van der Waals surface area contributed by atoms with Crippen molar-refractivity contribution in [3.05, 3.63) is 89.7 Å². The van der Waals surface area contributed by atoms with Crippen LogP contribution in [0.4, 0.5) is 0 Å². The number of carbonyl (C=O) groups is 2. The Bertz CT molecular complexity index is 977. The highest BCUT2D eigenvalue weighted by molar-refractivity contribution is 5.91. The van der Waals surface area contributed by atoms with E-state index in [4.69, 9.17) is 14.2 Å². The quantitative estimate of drug-likeness (QED) is 0.550. The Morgan fingerprint density at radius 1 is 0.933 bits per heavy atom. The SMILES string of the molecule is COc1cc(CNC(=O)COC(=O)c2ccncc2)ccc1OCc1ccccc1. The topological polar surface area (TPSA) is 86.8 Å². The summed E-state index contributed by atoms with van der Waals surface area (Å²) >= 11 is 0. The maximum absolute atomic E-state index is 12.0. The monoisotopic (exact) mass is 406 g/mol. The van der Waals surface area contributed by atoms with Gasteiger partial charge in [-0.05, 0) is 35.4 Å². The average Bonchev–Trinajstić information content (AvgIpc) is 2.81. The number of esters is 1. The van der Waals surface area contributed by atoms with Crippen molar-refractivity contribution in [2.75, 3.05) is 13.7 Å². The summed E-state index contributed by atoms with van der Waals surface area (Å²) in [5.74, 6) is 0.208. The van der Waals surface area contributed by atoms with Crippen molar-refractivity contribution in [3.63, 3.8) is 0 Å². The van der Waals surface area contributed by atoms with Crippen LogP contribution in [0.5, 0.6) is 11.5 Å². The Morgan fingerprint density at radius 2 is 1.70 bits per heavy atom. The van der Waals surface area contributed by atoms with Gasteiger partial charge in [0, 0.05) is 18.9 Å². The first-order chi connectivity index (χ1) is 14.7. The highest BCUT2D eigenvalue weighted by Crippen LogP contribution is 2.28. The van der Waals surface area contributed by atoms with Gasteiger partial charge in [0.1, 0.15) is 6.61 Å². The molecule has 0 saturated carbocycles. The zero-order valence-corrected chi connectivity index (χ0v) is 16.5. The number of aromatic nitrogens is 1. The summed E-state index contributed by atoms with van der Waals surface area (Å²) in [4.78, 5) is 27.7. The van der Waals surface area contributed by atoms with Gasteiger partial charge in [-0.25, -0.2) is 4.79 Å². The smallest absolute Gasteiger partial charge is 0.338 e. The minimum Gasteiger partial charge on any atom is -0.493 e. The van der Waals surface area contributed by atoms with Crippen LogP contribution in [0.2, 0.25) is 0 Å². The van der Waals surface area contributed by atoms with Gasteiger partial charge in [0.2, 0.25) is 0 Å². The maximum Gasteiger partial charge on any atom is 0.338 e.